The number of hydrogen-bond acceptors (Lipinski definition) is 3. The quantitative estimate of drug-likeness (QED) is 0.779. The van der Waals surface area contributed by atoms with Gasteiger partial charge in [0.05, 0.1) is 0 Å². The lowest BCUT2D eigenvalue weighted by molar-refractivity contribution is 0.102. The second kappa shape index (κ2) is 6.91. The van der Waals surface area contributed by atoms with Crippen LogP contribution in [0.2, 0.25) is 5.02 Å². The molecule has 0 radical (unpaired) electrons. The van der Waals surface area contributed by atoms with Crippen molar-refractivity contribution in [3.8, 4) is 5.69 Å². The van der Waals surface area contributed by atoms with Gasteiger partial charge in [0.25, 0.3) is 11.5 Å². The summed E-state index contributed by atoms with van der Waals surface area (Å²) in [6.07, 6.45) is 3.06. The molecule has 3 aromatic rings. The summed E-state index contributed by atoms with van der Waals surface area (Å²) in [5.41, 5.74) is 2.82. The Kier molecular flexibility index (Phi) is 4.67. The first-order chi connectivity index (χ1) is 11.9. The van der Waals surface area contributed by atoms with Gasteiger partial charge >= 0.3 is 0 Å². The lowest BCUT2D eigenvalue weighted by atomic mass is 10.1. The standard InChI is InChI=1S/C19H16ClN3O2/c1-12-9-13(2)11-16(10-12)23-8-7-21-17(19(23)25)22-18(24)14-3-5-15(20)6-4-14/h3-11H,1-2H3,(H,21,22,24). The van der Waals surface area contributed by atoms with Crippen LogP contribution in [0.1, 0.15) is 21.5 Å². The summed E-state index contributed by atoms with van der Waals surface area (Å²) in [6.45, 7) is 3.93. The average Bonchev–Trinajstić information content (AvgIpc) is 2.56. The molecule has 1 N–H and O–H groups in total. The summed E-state index contributed by atoms with van der Waals surface area (Å²) < 4.78 is 1.46. The predicted octanol–water partition coefficient (Wildman–Crippen LogP) is 3.76. The number of halogens is 1. The SMILES string of the molecule is Cc1cc(C)cc(-n2ccnc(NC(=O)c3ccc(Cl)cc3)c2=O)c1. The van der Waals surface area contributed by atoms with Crippen LogP contribution in [0.4, 0.5) is 5.82 Å². The lowest BCUT2D eigenvalue weighted by Crippen LogP contribution is -2.26. The van der Waals surface area contributed by atoms with E-state index in [9.17, 15) is 9.59 Å². The zero-order chi connectivity index (χ0) is 18.0. The highest BCUT2D eigenvalue weighted by Gasteiger charge is 2.12. The summed E-state index contributed by atoms with van der Waals surface area (Å²) in [6, 6.07) is 12.2. The Hall–Kier alpha value is -2.92. The Morgan fingerprint density at radius 2 is 1.72 bits per heavy atom. The van der Waals surface area contributed by atoms with Crippen LogP contribution in [0, 0.1) is 13.8 Å². The highest BCUT2D eigenvalue weighted by molar-refractivity contribution is 6.30. The molecular weight excluding hydrogens is 338 g/mol. The minimum atomic E-state index is -0.417. The minimum Gasteiger partial charge on any atom is -0.302 e. The number of anilines is 1. The number of nitrogens with one attached hydrogen (secondary N) is 1. The molecule has 126 valence electrons. The van der Waals surface area contributed by atoms with Crippen molar-refractivity contribution >= 4 is 23.3 Å². The molecule has 0 unspecified atom stereocenters. The van der Waals surface area contributed by atoms with Crippen LogP contribution < -0.4 is 10.9 Å². The number of benzene rings is 2. The fraction of sp³-hybridized carbons (Fsp3) is 0.105. The van der Waals surface area contributed by atoms with Crippen molar-refractivity contribution in [2.45, 2.75) is 13.8 Å². The van der Waals surface area contributed by atoms with E-state index in [0.29, 0.717) is 10.6 Å². The second-order valence-corrected chi connectivity index (χ2v) is 6.19. The zero-order valence-electron chi connectivity index (χ0n) is 13.8. The van der Waals surface area contributed by atoms with Crippen LogP contribution in [0.3, 0.4) is 0 Å². The molecule has 0 bridgehead atoms. The van der Waals surface area contributed by atoms with Crippen LogP contribution in [-0.4, -0.2) is 15.5 Å². The van der Waals surface area contributed by atoms with Crippen molar-refractivity contribution in [1.29, 1.82) is 0 Å². The highest BCUT2D eigenvalue weighted by Crippen LogP contribution is 2.13. The number of carbonyl (C=O) groups is 1. The van der Waals surface area contributed by atoms with Gasteiger partial charge in [-0.05, 0) is 61.4 Å². The summed E-state index contributed by atoms with van der Waals surface area (Å²) in [7, 11) is 0. The number of nitrogens with zero attached hydrogens (tertiary/aromatic N) is 2. The van der Waals surface area contributed by atoms with E-state index in [2.05, 4.69) is 10.3 Å². The normalized spacial score (nSPS) is 10.5. The smallest absolute Gasteiger partial charge is 0.298 e. The monoisotopic (exact) mass is 353 g/mol. The Morgan fingerprint density at radius 1 is 1.08 bits per heavy atom. The molecule has 3 rings (SSSR count). The van der Waals surface area contributed by atoms with E-state index in [0.717, 1.165) is 16.8 Å². The molecule has 25 heavy (non-hydrogen) atoms. The number of carbonyl (C=O) groups excluding carboxylic acids is 1. The summed E-state index contributed by atoms with van der Waals surface area (Å²) >= 11 is 5.82. The molecule has 2 aromatic carbocycles. The molecule has 6 heteroatoms. The van der Waals surface area contributed by atoms with Crippen molar-refractivity contribution in [3.63, 3.8) is 0 Å². The number of aromatic nitrogens is 2. The number of amides is 1. The van der Waals surface area contributed by atoms with E-state index in [1.54, 1.807) is 30.5 Å². The van der Waals surface area contributed by atoms with Crippen LogP contribution in [0.5, 0.6) is 0 Å². The van der Waals surface area contributed by atoms with Crippen LogP contribution in [0.25, 0.3) is 5.69 Å². The van der Waals surface area contributed by atoms with Gasteiger partial charge in [-0.25, -0.2) is 4.98 Å². The van der Waals surface area contributed by atoms with Gasteiger partial charge in [-0.1, -0.05) is 17.7 Å². The van der Waals surface area contributed by atoms with Gasteiger partial charge in [-0.15, -0.1) is 0 Å². The summed E-state index contributed by atoms with van der Waals surface area (Å²) in [5.74, 6) is -0.443. The van der Waals surface area contributed by atoms with Crippen molar-refractivity contribution < 1.29 is 4.79 Å². The molecule has 0 atom stereocenters. The molecule has 0 aliphatic carbocycles. The largest absolute Gasteiger partial charge is 0.302 e. The third-order valence-corrected chi connectivity index (χ3v) is 3.92. The average molecular weight is 354 g/mol. The first-order valence-corrected chi connectivity index (χ1v) is 8.05. The molecule has 1 amide bonds. The fourth-order valence-electron chi connectivity index (χ4n) is 2.57. The molecule has 0 aliphatic heterocycles. The Bertz CT molecular complexity index is 974. The third kappa shape index (κ3) is 3.78. The van der Waals surface area contributed by atoms with Crippen molar-refractivity contribution in [2.24, 2.45) is 0 Å². The molecule has 5 nitrogen and oxygen atoms in total. The number of aryl methyl sites for hydroxylation is 2. The predicted molar refractivity (Wildman–Crippen MR) is 98.7 cm³/mol. The number of rotatable bonds is 3. The van der Waals surface area contributed by atoms with E-state index in [4.69, 9.17) is 11.6 Å². The van der Waals surface area contributed by atoms with E-state index in [-0.39, 0.29) is 5.82 Å². The maximum Gasteiger partial charge on any atom is 0.298 e. The van der Waals surface area contributed by atoms with E-state index in [1.807, 2.05) is 32.0 Å². The van der Waals surface area contributed by atoms with Crippen LogP contribution in [-0.2, 0) is 0 Å². The molecule has 0 saturated heterocycles. The maximum atomic E-state index is 12.7. The maximum absolute atomic E-state index is 12.7. The van der Waals surface area contributed by atoms with Gasteiger partial charge in [0, 0.05) is 28.7 Å². The highest BCUT2D eigenvalue weighted by atomic mass is 35.5. The van der Waals surface area contributed by atoms with Crippen molar-refractivity contribution in [3.05, 3.63) is 86.9 Å². The fourth-order valence-corrected chi connectivity index (χ4v) is 2.70. The lowest BCUT2D eigenvalue weighted by Gasteiger charge is -2.10. The van der Waals surface area contributed by atoms with Gasteiger partial charge in [0.15, 0.2) is 5.82 Å². The van der Waals surface area contributed by atoms with E-state index < -0.39 is 11.5 Å². The minimum absolute atomic E-state index is 0.0263. The van der Waals surface area contributed by atoms with Crippen molar-refractivity contribution in [1.82, 2.24) is 9.55 Å². The molecule has 0 saturated carbocycles. The Labute approximate surface area is 149 Å². The zero-order valence-corrected chi connectivity index (χ0v) is 14.5. The van der Waals surface area contributed by atoms with Crippen LogP contribution in [0.15, 0.2) is 59.7 Å². The summed E-state index contributed by atoms with van der Waals surface area (Å²) in [5, 5.41) is 3.09. The van der Waals surface area contributed by atoms with E-state index >= 15 is 0 Å². The first kappa shape index (κ1) is 16.9. The number of hydrogen-bond donors (Lipinski definition) is 1. The molecule has 1 aromatic heterocycles. The van der Waals surface area contributed by atoms with Crippen molar-refractivity contribution in [2.75, 3.05) is 5.32 Å². The van der Waals surface area contributed by atoms with Gasteiger partial charge in [0.2, 0.25) is 0 Å². The van der Waals surface area contributed by atoms with Crippen LogP contribution >= 0.6 is 11.6 Å². The van der Waals surface area contributed by atoms with Gasteiger partial charge < -0.3 is 5.32 Å². The molecule has 0 spiro atoms. The second-order valence-electron chi connectivity index (χ2n) is 5.76. The summed E-state index contributed by atoms with van der Waals surface area (Å²) in [4.78, 5) is 29.0. The Morgan fingerprint density at radius 3 is 2.36 bits per heavy atom. The Balaban J connectivity index is 1.95. The molecule has 1 heterocycles. The third-order valence-electron chi connectivity index (χ3n) is 3.66. The molecule has 0 fully saturated rings. The molecule has 0 aliphatic rings. The van der Waals surface area contributed by atoms with Gasteiger partial charge in [-0.2, -0.15) is 0 Å². The topological polar surface area (TPSA) is 64.0 Å². The molecular formula is C19H16ClN3O2. The first-order valence-electron chi connectivity index (χ1n) is 7.67. The van der Waals surface area contributed by atoms with Gasteiger partial charge in [0.1, 0.15) is 0 Å². The van der Waals surface area contributed by atoms with E-state index in [1.165, 1.54) is 10.8 Å². The van der Waals surface area contributed by atoms with Gasteiger partial charge in [-0.3, -0.25) is 14.2 Å².